The molecule has 0 aliphatic carbocycles. The highest BCUT2D eigenvalue weighted by molar-refractivity contribution is 6.05. The molecule has 8 heteroatoms. The fourth-order valence-electron chi connectivity index (χ4n) is 2.23. The summed E-state index contributed by atoms with van der Waals surface area (Å²) in [4.78, 5) is 16.3. The third-order valence-electron chi connectivity index (χ3n) is 3.39. The molecule has 0 spiro atoms. The number of carbonyl (C=O) groups excluding carboxylic acids is 1. The zero-order valence-electron chi connectivity index (χ0n) is 13.2. The largest absolute Gasteiger partial charge is 0.439 e. The summed E-state index contributed by atoms with van der Waals surface area (Å²) in [5, 5.41) is 6.26. The zero-order valence-corrected chi connectivity index (χ0v) is 13.2. The summed E-state index contributed by atoms with van der Waals surface area (Å²) < 4.78 is 32.7. The van der Waals surface area contributed by atoms with Gasteiger partial charge in [-0.05, 0) is 18.2 Å². The lowest BCUT2D eigenvalue weighted by molar-refractivity contribution is 0.100. The van der Waals surface area contributed by atoms with E-state index in [1.54, 1.807) is 12.1 Å². The van der Waals surface area contributed by atoms with Gasteiger partial charge in [0.25, 0.3) is 12.3 Å². The fourth-order valence-corrected chi connectivity index (χ4v) is 2.23. The number of benzene rings is 1. The van der Waals surface area contributed by atoms with E-state index in [4.69, 9.17) is 4.74 Å². The number of aryl methyl sites for hydroxylation is 1. The second-order valence-corrected chi connectivity index (χ2v) is 5.12. The summed E-state index contributed by atoms with van der Waals surface area (Å²) in [7, 11) is 1.36. The van der Waals surface area contributed by atoms with E-state index in [-0.39, 0.29) is 11.4 Å². The lowest BCUT2D eigenvalue weighted by atomic mass is 10.2. The summed E-state index contributed by atoms with van der Waals surface area (Å²) in [5.41, 5.74) is -0.248. The number of nitrogens with one attached hydrogen (secondary N) is 1. The number of anilines is 1. The molecule has 0 bridgehead atoms. The van der Waals surface area contributed by atoms with Crippen molar-refractivity contribution in [3.63, 3.8) is 0 Å². The van der Waals surface area contributed by atoms with Crippen LogP contribution in [-0.2, 0) is 7.05 Å². The Kier molecular flexibility index (Phi) is 4.69. The van der Waals surface area contributed by atoms with Gasteiger partial charge in [0.1, 0.15) is 11.4 Å². The summed E-state index contributed by atoms with van der Waals surface area (Å²) in [5.74, 6) is 0.176. The van der Waals surface area contributed by atoms with Crippen LogP contribution in [0.15, 0.2) is 54.9 Å². The highest BCUT2D eigenvalue weighted by Crippen LogP contribution is 2.24. The number of amides is 1. The van der Waals surface area contributed by atoms with Crippen LogP contribution in [0, 0.1) is 0 Å². The topological polar surface area (TPSA) is 69.0 Å². The molecule has 1 aromatic carbocycles. The Morgan fingerprint density at radius 3 is 2.72 bits per heavy atom. The standard InChI is InChI=1S/C17H14F2N4O2/c1-23-15(16(18)19)13(10-21-23)17(24)22-11-7-8-20-14(9-11)25-12-5-3-2-4-6-12/h2-10,16H,1H3,(H,20,22,24). The van der Waals surface area contributed by atoms with Crippen molar-refractivity contribution in [2.45, 2.75) is 6.43 Å². The molecular formula is C17H14F2N4O2. The number of nitrogens with zero attached hydrogens (tertiary/aromatic N) is 3. The normalized spacial score (nSPS) is 10.7. The van der Waals surface area contributed by atoms with Crippen LogP contribution in [0.5, 0.6) is 11.6 Å². The summed E-state index contributed by atoms with van der Waals surface area (Å²) in [6.07, 6.45) is -0.243. The number of alkyl halides is 2. The lowest BCUT2D eigenvalue weighted by Crippen LogP contribution is -2.14. The minimum absolute atomic E-state index is 0.181. The number of pyridine rings is 1. The van der Waals surface area contributed by atoms with Crippen LogP contribution in [0.4, 0.5) is 14.5 Å². The molecule has 0 aliphatic rings. The van der Waals surface area contributed by atoms with Crippen LogP contribution in [0.1, 0.15) is 22.5 Å². The monoisotopic (exact) mass is 344 g/mol. The lowest BCUT2D eigenvalue weighted by Gasteiger charge is -2.09. The predicted molar refractivity (Wildman–Crippen MR) is 86.9 cm³/mol. The molecular weight excluding hydrogens is 330 g/mol. The van der Waals surface area contributed by atoms with Crippen molar-refractivity contribution >= 4 is 11.6 Å². The van der Waals surface area contributed by atoms with Gasteiger partial charge in [0.15, 0.2) is 0 Å². The fraction of sp³-hybridized carbons (Fsp3) is 0.118. The molecule has 0 unspecified atom stereocenters. The van der Waals surface area contributed by atoms with Crippen LogP contribution in [0.25, 0.3) is 0 Å². The Morgan fingerprint density at radius 1 is 1.24 bits per heavy atom. The molecule has 6 nitrogen and oxygen atoms in total. The highest BCUT2D eigenvalue weighted by atomic mass is 19.3. The van der Waals surface area contributed by atoms with Gasteiger partial charge in [0, 0.05) is 25.0 Å². The van der Waals surface area contributed by atoms with Gasteiger partial charge in [0.05, 0.1) is 11.8 Å². The maximum absolute atomic E-state index is 13.1. The van der Waals surface area contributed by atoms with E-state index in [1.165, 1.54) is 25.4 Å². The smallest absolute Gasteiger partial charge is 0.280 e. The van der Waals surface area contributed by atoms with Gasteiger partial charge in [-0.1, -0.05) is 18.2 Å². The zero-order chi connectivity index (χ0) is 17.8. The third-order valence-corrected chi connectivity index (χ3v) is 3.39. The van der Waals surface area contributed by atoms with Gasteiger partial charge in [-0.25, -0.2) is 13.8 Å². The number of hydrogen-bond acceptors (Lipinski definition) is 4. The van der Waals surface area contributed by atoms with Gasteiger partial charge in [-0.3, -0.25) is 9.48 Å². The van der Waals surface area contributed by atoms with Crippen LogP contribution >= 0.6 is 0 Å². The molecule has 2 heterocycles. The molecule has 2 aromatic heterocycles. The van der Waals surface area contributed by atoms with E-state index in [2.05, 4.69) is 15.4 Å². The number of para-hydroxylation sites is 1. The Labute approximate surface area is 142 Å². The predicted octanol–water partition coefficient (Wildman–Crippen LogP) is 3.80. The number of ether oxygens (including phenoxy) is 1. The first-order valence-corrected chi connectivity index (χ1v) is 7.35. The van der Waals surface area contributed by atoms with Gasteiger partial charge in [-0.2, -0.15) is 5.10 Å². The van der Waals surface area contributed by atoms with Crippen molar-refractivity contribution in [2.24, 2.45) is 7.05 Å². The quantitative estimate of drug-likeness (QED) is 0.764. The van der Waals surface area contributed by atoms with Crippen molar-refractivity contribution < 1.29 is 18.3 Å². The van der Waals surface area contributed by atoms with Gasteiger partial charge in [-0.15, -0.1) is 0 Å². The number of carbonyl (C=O) groups is 1. The molecule has 0 aliphatic heterocycles. The molecule has 1 amide bonds. The molecule has 0 radical (unpaired) electrons. The SMILES string of the molecule is Cn1ncc(C(=O)Nc2ccnc(Oc3ccccc3)c2)c1C(F)F. The molecule has 0 saturated carbocycles. The highest BCUT2D eigenvalue weighted by Gasteiger charge is 2.23. The number of aromatic nitrogens is 3. The number of halogens is 2. The Bertz CT molecular complexity index is 881. The van der Waals surface area contributed by atoms with E-state index in [1.807, 2.05) is 18.2 Å². The van der Waals surface area contributed by atoms with Crippen LogP contribution in [0.2, 0.25) is 0 Å². The van der Waals surface area contributed by atoms with E-state index < -0.39 is 18.0 Å². The first kappa shape index (κ1) is 16.6. The maximum Gasteiger partial charge on any atom is 0.280 e. The summed E-state index contributed by atoms with van der Waals surface area (Å²) in [6, 6.07) is 12.0. The Balaban J connectivity index is 1.77. The van der Waals surface area contributed by atoms with E-state index in [9.17, 15) is 13.6 Å². The summed E-state index contributed by atoms with van der Waals surface area (Å²) in [6.45, 7) is 0. The Hall–Kier alpha value is -3.29. The minimum atomic E-state index is -2.80. The molecule has 1 N–H and O–H groups in total. The first-order chi connectivity index (χ1) is 12.0. The molecule has 3 aromatic rings. The van der Waals surface area contributed by atoms with Gasteiger partial charge < -0.3 is 10.1 Å². The number of hydrogen-bond donors (Lipinski definition) is 1. The first-order valence-electron chi connectivity index (χ1n) is 7.35. The average molecular weight is 344 g/mol. The van der Waals surface area contributed by atoms with Crippen molar-refractivity contribution in [1.82, 2.24) is 14.8 Å². The molecule has 0 fully saturated rings. The average Bonchev–Trinajstić information content (AvgIpc) is 2.98. The van der Waals surface area contributed by atoms with Gasteiger partial charge >= 0.3 is 0 Å². The summed E-state index contributed by atoms with van der Waals surface area (Å²) >= 11 is 0. The van der Waals surface area contributed by atoms with Crippen LogP contribution < -0.4 is 10.1 Å². The molecule has 0 saturated heterocycles. The van der Waals surface area contributed by atoms with Crippen molar-refractivity contribution in [2.75, 3.05) is 5.32 Å². The third kappa shape index (κ3) is 3.79. The van der Waals surface area contributed by atoms with Crippen molar-refractivity contribution in [1.29, 1.82) is 0 Å². The minimum Gasteiger partial charge on any atom is -0.439 e. The van der Waals surface area contributed by atoms with E-state index in [0.717, 1.165) is 10.9 Å². The van der Waals surface area contributed by atoms with E-state index in [0.29, 0.717) is 11.4 Å². The van der Waals surface area contributed by atoms with Crippen molar-refractivity contribution in [3.05, 3.63) is 66.1 Å². The molecule has 128 valence electrons. The molecule has 25 heavy (non-hydrogen) atoms. The Morgan fingerprint density at radius 2 is 2.00 bits per heavy atom. The van der Waals surface area contributed by atoms with Crippen LogP contribution in [-0.4, -0.2) is 20.7 Å². The van der Waals surface area contributed by atoms with Gasteiger partial charge in [0.2, 0.25) is 5.88 Å². The maximum atomic E-state index is 13.1. The van der Waals surface area contributed by atoms with Crippen molar-refractivity contribution in [3.8, 4) is 11.6 Å². The van der Waals surface area contributed by atoms with E-state index >= 15 is 0 Å². The number of rotatable bonds is 5. The molecule has 0 atom stereocenters. The van der Waals surface area contributed by atoms with Crippen LogP contribution in [0.3, 0.4) is 0 Å². The second kappa shape index (κ2) is 7.08. The second-order valence-electron chi connectivity index (χ2n) is 5.12. The molecule has 3 rings (SSSR count).